The van der Waals surface area contributed by atoms with Crippen molar-refractivity contribution in [3.8, 4) is 0 Å². The maximum atomic E-state index is 4.26. The van der Waals surface area contributed by atoms with Crippen molar-refractivity contribution in [3.63, 3.8) is 0 Å². The molecular weight excluding hydrogens is 222 g/mol. The molecule has 0 radical (unpaired) electrons. The van der Waals surface area contributed by atoms with E-state index in [1.165, 1.54) is 11.1 Å². The maximum absolute atomic E-state index is 4.26. The van der Waals surface area contributed by atoms with Crippen LogP contribution in [0.3, 0.4) is 0 Å². The average molecular weight is 239 g/mol. The van der Waals surface area contributed by atoms with Gasteiger partial charge in [0.15, 0.2) is 0 Å². The molecule has 1 saturated heterocycles. The van der Waals surface area contributed by atoms with Crippen molar-refractivity contribution in [2.75, 3.05) is 19.6 Å². The van der Waals surface area contributed by atoms with E-state index in [0.29, 0.717) is 0 Å². The topological polar surface area (TPSA) is 37.0 Å². The lowest BCUT2D eigenvalue weighted by Gasteiger charge is -2.39. The summed E-state index contributed by atoms with van der Waals surface area (Å²) in [6.07, 6.45) is 3.77. The number of rotatable bonds is 2. The molecule has 3 nitrogen and oxygen atoms in total. The Bertz CT molecular complexity index is 448. The second-order valence-electron chi connectivity index (χ2n) is 4.62. The monoisotopic (exact) mass is 239 g/mol. The molecule has 1 unspecified atom stereocenters. The van der Waals surface area contributed by atoms with Crippen molar-refractivity contribution in [2.45, 2.75) is 5.54 Å². The highest BCUT2D eigenvalue weighted by Crippen LogP contribution is 2.29. The van der Waals surface area contributed by atoms with Gasteiger partial charge in [0.25, 0.3) is 0 Å². The van der Waals surface area contributed by atoms with Gasteiger partial charge in [-0.25, -0.2) is 0 Å². The first-order chi connectivity index (χ1) is 8.92. The van der Waals surface area contributed by atoms with Crippen LogP contribution in [0.5, 0.6) is 0 Å². The second-order valence-corrected chi connectivity index (χ2v) is 4.62. The van der Waals surface area contributed by atoms with Gasteiger partial charge >= 0.3 is 0 Å². The van der Waals surface area contributed by atoms with Crippen LogP contribution in [0.25, 0.3) is 0 Å². The van der Waals surface area contributed by atoms with Gasteiger partial charge in [-0.3, -0.25) is 4.98 Å². The lowest BCUT2D eigenvalue weighted by Crippen LogP contribution is -2.57. The Morgan fingerprint density at radius 3 is 2.44 bits per heavy atom. The first-order valence-corrected chi connectivity index (χ1v) is 6.34. The van der Waals surface area contributed by atoms with E-state index >= 15 is 0 Å². The molecule has 2 aromatic rings. The van der Waals surface area contributed by atoms with Crippen LogP contribution >= 0.6 is 0 Å². The van der Waals surface area contributed by atoms with Gasteiger partial charge in [0.05, 0.1) is 5.54 Å². The zero-order valence-electron chi connectivity index (χ0n) is 10.3. The summed E-state index contributed by atoms with van der Waals surface area (Å²) in [7, 11) is 0. The van der Waals surface area contributed by atoms with Crippen LogP contribution in [-0.2, 0) is 5.54 Å². The van der Waals surface area contributed by atoms with Crippen LogP contribution in [0.4, 0.5) is 0 Å². The van der Waals surface area contributed by atoms with Crippen molar-refractivity contribution < 1.29 is 0 Å². The normalized spacial score (nSPS) is 23.8. The summed E-state index contributed by atoms with van der Waals surface area (Å²) in [5.41, 5.74) is 2.34. The van der Waals surface area contributed by atoms with E-state index in [4.69, 9.17) is 0 Å². The summed E-state index contributed by atoms with van der Waals surface area (Å²) < 4.78 is 0. The number of hydrogen-bond donors (Lipinski definition) is 2. The number of pyridine rings is 1. The molecule has 0 saturated carbocycles. The van der Waals surface area contributed by atoms with Crippen LogP contribution in [-0.4, -0.2) is 24.6 Å². The van der Waals surface area contributed by atoms with E-state index in [9.17, 15) is 0 Å². The third-order valence-electron chi connectivity index (χ3n) is 3.54. The SMILES string of the molecule is c1ccc(C2(c3cccnc3)CNCCN2)cc1. The number of nitrogens with one attached hydrogen (secondary N) is 2. The molecule has 18 heavy (non-hydrogen) atoms. The molecule has 1 aromatic heterocycles. The van der Waals surface area contributed by atoms with Crippen LogP contribution in [0.15, 0.2) is 54.9 Å². The first kappa shape index (κ1) is 11.4. The Morgan fingerprint density at radius 1 is 0.944 bits per heavy atom. The zero-order chi connectivity index (χ0) is 12.3. The molecule has 1 aliphatic rings. The van der Waals surface area contributed by atoms with Crippen molar-refractivity contribution in [3.05, 3.63) is 66.0 Å². The molecule has 3 rings (SSSR count). The molecule has 2 N–H and O–H groups in total. The fourth-order valence-electron chi connectivity index (χ4n) is 2.62. The van der Waals surface area contributed by atoms with Gasteiger partial charge in [0, 0.05) is 32.0 Å². The van der Waals surface area contributed by atoms with Crippen molar-refractivity contribution in [1.82, 2.24) is 15.6 Å². The van der Waals surface area contributed by atoms with Crippen LogP contribution in [0.1, 0.15) is 11.1 Å². The maximum Gasteiger partial charge on any atom is 0.0832 e. The van der Waals surface area contributed by atoms with E-state index in [1.807, 2.05) is 18.5 Å². The lowest BCUT2D eigenvalue weighted by atomic mass is 9.82. The number of piperazine rings is 1. The van der Waals surface area contributed by atoms with Gasteiger partial charge in [-0.1, -0.05) is 36.4 Å². The van der Waals surface area contributed by atoms with E-state index in [-0.39, 0.29) is 5.54 Å². The van der Waals surface area contributed by atoms with Gasteiger partial charge in [0.2, 0.25) is 0 Å². The highest BCUT2D eigenvalue weighted by atomic mass is 15.1. The van der Waals surface area contributed by atoms with Gasteiger partial charge in [-0.15, -0.1) is 0 Å². The first-order valence-electron chi connectivity index (χ1n) is 6.34. The minimum atomic E-state index is -0.159. The molecule has 2 heterocycles. The van der Waals surface area contributed by atoms with Crippen LogP contribution in [0.2, 0.25) is 0 Å². The average Bonchev–Trinajstić information content (AvgIpc) is 2.50. The third kappa shape index (κ3) is 1.92. The van der Waals surface area contributed by atoms with Gasteiger partial charge < -0.3 is 10.6 Å². The predicted molar refractivity (Wildman–Crippen MR) is 72.3 cm³/mol. The molecule has 1 atom stereocenters. The van der Waals surface area contributed by atoms with Crippen molar-refractivity contribution in [2.24, 2.45) is 0 Å². The number of benzene rings is 1. The van der Waals surface area contributed by atoms with E-state index in [1.54, 1.807) is 0 Å². The molecule has 0 amide bonds. The fraction of sp³-hybridized carbons (Fsp3) is 0.267. The Morgan fingerprint density at radius 2 is 1.78 bits per heavy atom. The molecule has 92 valence electrons. The van der Waals surface area contributed by atoms with Gasteiger partial charge in [-0.05, 0) is 17.2 Å². The number of aromatic nitrogens is 1. The molecular formula is C15H17N3. The predicted octanol–water partition coefficient (Wildman–Crippen LogP) is 1.52. The summed E-state index contributed by atoms with van der Waals surface area (Å²) in [6.45, 7) is 2.86. The largest absolute Gasteiger partial charge is 0.313 e. The molecule has 1 aromatic carbocycles. The minimum Gasteiger partial charge on any atom is -0.313 e. The highest BCUT2D eigenvalue weighted by molar-refractivity contribution is 5.38. The van der Waals surface area contributed by atoms with Crippen LogP contribution < -0.4 is 10.6 Å². The second kappa shape index (κ2) is 4.88. The van der Waals surface area contributed by atoms with Crippen molar-refractivity contribution in [1.29, 1.82) is 0 Å². The van der Waals surface area contributed by atoms with E-state index in [2.05, 4.69) is 52.0 Å². The lowest BCUT2D eigenvalue weighted by molar-refractivity contribution is 0.329. The Hall–Kier alpha value is -1.71. The molecule has 0 aliphatic carbocycles. The summed E-state index contributed by atoms with van der Waals surface area (Å²) in [5.74, 6) is 0. The van der Waals surface area contributed by atoms with Gasteiger partial charge in [0.1, 0.15) is 0 Å². The fourth-order valence-corrected chi connectivity index (χ4v) is 2.62. The van der Waals surface area contributed by atoms with E-state index < -0.39 is 0 Å². The molecule has 3 heteroatoms. The van der Waals surface area contributed by atoms with Crippen LogP contribution in [0, 0.1) is 0 Å². The Labute approximate surface area is 107 Å². The van der Waals surface area contributed by atoms with E-state index in [0.717, 1.165) is 19.6 Å². The van der Waals surface area contributed by atoms with Crippen molar-refractivity contribution >= 4 is 0 Å². The molecule has 0 spiro atoms. The zero-order valence-corrected chi connectivity index (χ0v) is 10.3. The quantitative estimate of drug-likeness (QED) is 0.834. The molecule has 1 fully saturated rings. The number of hydrogen-bond acceptors (Lipinski definition) is 3. The Kier molecular flexibility index (Phi) is 3.09. The summed E-state index contributed by atoms with van der Waals surface area (Å²) in [4.78, 5) is 4.26. The summed E-state index contributed by atoms with van der Waals surface area (Å²) >= 11 is 0. The summed E-state index contributed by atoms with van der Waals surface area (Å²) in [6, 6.07) is 14.7. The summed E-state index contributed by atoms with van der Waals surface area (Å²) in [5, 5.41) is 7.15. The minimum absolute atomic E-state index is 0.159. The smallest absolute Gasteiger partial charge is 0.0832 e. The highest BCUT2D eigenvalue weighted by Gasteiger charge is 2.35. The standard InChI is InChI=1S/C15H17N3/c1-2-5-13(6-3-1)15(12-17-9-10-18-15)14-7-4-8-16-11-14/h1-8,11,17-18H,9-10,12H2. The third-order valence-corrected chi connectivity index (χ3v) is 3.54. The van der Waals surface area contributed by atoms with Gasteiger partial charge in [-0.2, -0.15) is 0 Å². The Balaban J connectivity index is 2.10. The molecule has 1 aliphatic heterocycles. The number of nitrogens with zero attached hydrogens (tertiary/aromatic N) is 1. The molecule has 0 bridgehead atoms.